The molecule has 18 heavy (non-hydrogen) atoms. The number of aromatic nitrogens is 1. The summed E-state index contributed by atoms with van der Waals surface area (Å²) in [6.45, 7) is 3.49. The topological polar surface area (TPSA) is 91.3 Å². The van der Waals surface area contributed by atoms with Crippen LogP contribution >= 0.6 is 0 Å². The van der Waals surface area contributed by atoms with E-state index < -0.39 is 5.97 Å². The number of nitrogens with zero attached hydrogens (tertiary/aromatic N) is 1. The molecule has 0 spiro atoms. The maximum atomic E-state index is 12.0. The highest BCUT2D eigenvalue weighted by Gasteiger charge is 2.29. The van der Waals surface area contributed by atoms with E-state index in [-0.39, 0.29) is 23.3 Å². The summed E-state index contributed by atoms with van der Waals surface area (Å²) in [6.07, 6.45) is 2.69. The van der Waals surface area contributed by atoms with Gasteiger partial charge >= 0.3 is 5.97 Å². The summed E-state index contributed by atoms with van der Waals surface area (Å²) in [5.74, 6) is -0.967. The van der Waals surface area contributed by atoms with E-state index >= 15 is 0 Å². The highest BCUT2D eigenvalue weighted by atomic mass is 16.4. The number of rotatable bonds is 3. The Morgan fingerprint density at radius 3 is 2.83 bits per heavy atom. The Labute approximate surface area is 104 Å². The van der Waals surface area contributed by atoms with E-state index in [0.717, 1.165) is 6.54 Å². The van der Waals surface area contributed by atoms with Crippen molar-refractivity contribution in [1.82, 2.24) is 10.3 Å². The lowest BCUT2D eigenvalue weighted by atomic mass is 9.97. The van der Waals surface area contributed by atoms with Gasteiger partial charge in [0.25, 0.3) is 0 Å². The van der Waals surface area contributed by atoms with Crippen LogP contribution in [0.15, 0.2) is 18.5 Å². The summed E-state index contributed by atoms with van der Waals surface area (Å²) < 4.78 is 0. The van der Waals surface area contributed by atoms with Crippen molar-refractivity contribution in [2.75, 3.05) is 18.4 Å². The number of amides is 1. The normalized spacial score (nSPS) is 22.7. The van der Waals surface area contributed by atoms with Gasteiger partial charge in [-0.2, -0.15) is 0 Å². The van der Waals surface area contributed by atoms with Crippen LogP contribution in [0.3, 0.4) is 0 Å². The molecule has 1 aliphatic heterocycles. The maximum Gasteiger partial charge on any atom is 0.337 e. The number of carboxylic acids is 1. The van der Waals surface area contributed by atoms with E-state index in [9.17, 15) is 9.59 Å². The molecule has 0 saturated carbocycles. The number of hydrogen-bond acceptors (Lipinski definition) is 4. The molecule has 0 radical (unpaired) electrons. The number of nitrogens with one attached hydrogen (secondary N) is 2. The smallest absolute Gasteiger partial charge is 0.337 e. The number of carbonyl (C=O) groups excluding carboxylic acids is 1. The SMILES string of the molecule is CC1CNCC1C(=O)Nc1cncc(C(=O)O)c1. The van der Waals surface area contributed by atoms with Crippen LogP contribution in [0.4, 0.5) is 5.69 Å². The third-order valence-corrected chi connectivity index (χ3v) is 3.11. The molecule has 1 amide bonds. The Balaban J connectivity index is 2.07. The molecular formula is C12H15N3O3. The molecule has 0 aliphatic carbocycles. The molecule has 0 aromatic carbocycles. The van der Waals surface area contributed by atoms with Crippen LogP contribution in [0.2, 0.25) is 0 Å². The van der Waals surface area contributed by atoms with Crippen LogP contribution in [0.1, 0.15) is 17.3 Å². The lowest BCUT2D eigenvalue weighted by Crippen LogP contribution is -2.27. The molecule has 2 heterocycles. The van der Waals surface area contributed by atoms with Crippen molar-refractivity contribution >= 4 is 17.6 Å². The van der Waals surface area contributed by atoms with Crippen molar-refractivity contribution < 1.29 is 14.7 Å². The molecule has 6 heteroatoms. The zero-order chi connectivity index (χ0) is 13.1. The Kier molecular flexibility index (Phi) is 3.57. The van der Waals surface area contributed by atoms with Crippen molar-refractivity contribution in [3.63, 3.8) is 0 Å². The first-order chi connectivity index (χ1) is 8.58. The van der Waals surface area contributed by atoms with Crippen molar-refractivity contribution in [2.24, 2.45) is 11.8 Å². The van der Waals surface area contributed by atoms with E-state index in [2.05, 4.69) is 15.6 Å². The predicted molar refractivity (Wildman–Crippen MR) is 65.3 cm³/mol. The molecule has 0 bridgehead atoms. The fraction of sp³-hybridized carbons (Fsp3) is 0.417. The minimum atomic E-state index is -1.06. The number of aromatic carboxylic acids is 1. The van der Waals surface area contributed by atoms with E-state index in [4.69, 9.17) is 5.11 Å². The molecule has 1 aromatic heterocycles. The van der Waals surface area contributed by atoms with Crippen molar-refractivity contribution in [2.45, 2.75) is 6.92 Å². The standard InChI is InChI=1S/C12H15N3O3/c1-7-3-13-6-10(7)11(16)15-9-2-8(12(17)18)4-14-5-9/h2,4-5,7,10,13H,3,6H2,1H3,(H,15,16)(H,17,18). The van der Waals surface area contributed by atoms with Gasteiger partial charge in [0.1, 0.15) is 0 Å². The highest BCUT2D eigenvalue weighted by Crippen LogP contribution is 2.18. The van der Waals surface area contributed by atoms with Crippen LogP contribution in [-0.4, -0.2) is 35.1 Å². The van der Waals surface area contributed by atoms with E-state index in [1.807, 2.05) is 6.92 Å². The second-order valence-electron chi connectivity index (χ2n) is 4.50. The summed E-state index contributed by atoms with van der Waals surface area (Å²) in [6, 6.07) is 1.40. The Morgan fingerprint density at radius 2 is 2.22 bits per heavy atom. The lowest BCUT2D eigenvalue weighted by Gasteiger charge is -2.14. The molecule has 2 unspecified atom stereocenters. The Morgan fingerprint density at radius 1 is 1.44 bits per heavy atom. The summed E-state index contributed by atoms with van der Waals surface area (Å²) in [5.41, 5.74) is 0.476. The zero-order valence-corrected chi connectivity index (χ0v) is 10.0. The van der Waals surface area contributed by atoms with E-state index in [0.29, 0.717) is 12.2 Å². The summed E-state index contributed by atoms with van der Waals surface area (Å²) in [4.78, 5) is 26.6. The van der Waals surface area contributed by atoms with Crippen LogP contribution in [0.25, 0.3) is 0 Å². The first-order valence-electron chi connectivity index (χ1n) is 5.78. The lowest BCUT2D eigenvalue weighted by molar-refractivity contribution is -0.120. The summed E-state index contributed by atoms with van der Waals surface area (Å²) in [5, 5.41) is 14.7. The Bertz CT molecular complexity index is 475. The second-order valence-corrected chi connectivity index (χ2v) is 4.50. The van der Waals surface area contributed by atoms with Crippen LogP contribution in [-0.2, 0) is 4.79 Å². The molecule has 2 rings (SSSR count). The Hall–Kier alpha value is -1.95. The molecule has 1 fully saturated rings. The van der Waals surface area contributed by atoms with Gasteiger partial charge in [0.05, 0.1) is 23.4 Å². The van der Waals surface area contributed by atoms with Gasteiger partial charge in [-0.3, -0.25) is 9.78 Å². The molecule has 96 valence electrons. The first-order valence-corrected chi connectivity index (χ1v) is 5.78. The largest absolute Gasteiger partial charge is 0.478 e. The molecule has 6 nitrogen and oxygen atoms in total. The van der Waals surface area contributed by atoms with E-state index in [1.165, 1.54) is 18.5 Å². The zero-order valence-electron chi connectivity index (χ0n) is 10.0. The fourth-order valence-electron chi connectivity index (χ4n) is 2.02. The van der Waals surface area contributed by atoms with Crippen LogP contribution < -0.4 is 10.6 Å². The molecule has 1 aliphatic rings. The number of carboxylic acid groups (broad SMARTS) is 1. The molecule has 1 saturated heterocycles. The average molecular weight is 249 g/mol. The molecule has 3 N–H and O–H groups in total. The van der Waals surface area contributed by atoms with E-state index in [1.54, 1.807) is 0 Å². The third-order valence-electron chi connectivity index (χ3n) is 3.11. The molecule has 2 atom stereocenters. The minimum absolute atomic E-state index is 0.0606. The molecular weight excluding hydrogens is 234 g/mol. The van der Waals surface area contributed by atoms with Gasteiger partial charge in [-0.1, -0.05) is 6.92 Å². The quantitative estimate of drug-likeness (QED) is 0.728. The van der Waals surface area contributed by atoms with Crippen LogP contribution in [0.5, 0.6) is 0 Å². The van der Waals surface area contributed by atoms with Gasteiger partial charge in [0.2, 0.25) is 5.91 Å². The third kappa shape index (κ3) is 2.65. The number of hydrogen-bond donors (Lipinski definition) is 3. The van der Waals surface area contributed by atoms with Crippen LogP contribution in [0, 0.1) is 11.8 Å². The number of carbonyl (C=O) groups is 2. The highest BCUT2D eigenvalue weighted by molar-refractivity contribution is 5.95. The minimum Gasteiger partial charge on any atom is -0.478 e. The van der Waals surface area contributed by atoms with Crippen molar-refractivity contribution in [3.05, 3.63) is 24.0 Å². The van der Waals surface area contributed by atoms with Gasteiger partial charge in [0, 0.05) is 12.7 Å². The average Bonchev–Trinajstić information content (AvgIpc) is 2.76. The first kappa shape index (κ1) is 12.5. The monoisotopic (exact) mass is 249 g/mol. The van der Waals surface area contributed by atoms with Crippen molar-refractivity contribution in [3.8, 4) is 0 Å². The van der Waals surface area contributed by atoms with Gasteiger partial charge < -0.3 is 15.7 Å². The summed E-state index contributed by atoms with van der Waals surface area (Å²) in [7, 11) is 0. The van der Waals surface area contributed by atoms with Gasteiger partial charge in [-0.25, -0.2) is 4.79 Å². The van der Waals surface area contributed by atoms with Crippen molar-refractivity contribution in [1.29, 1.82) is 0 Å². The predicted octanol–water partition coefficient (Wildman–Crippen LogP) is 0.574. The fourth-order valence-corrected chi connectivity index (χ4v) is 2.02. The number of anilines is 1. The van der Waals surface area contributed by atoms with Gasteiger partial charge in [-0.15, -0.1) is 0 Å². The maximum absolute atomic E-state index is 12.0. The number of pyridine rings is 1. The second kappa shape index (κ2) is 5.14. The van der Waals surface area contributed by atoms with Gasteiger partial charge in [0.15, 0.2) is 0 Å². The molecule has 1 aromatic rings. The summed E-state index contributed by atoms with van der Waals surface area (Å²) >= 11 is 0. The van der Waals surface area contributed by atoms with Gasteiger partial charge in [-0.05, 0) is 18.5 Å².